The first kappa shape index (κ1) is 10.1. The van der Waals surface area contributed by atoms with Crippen molar-refractivity contribution in [2.75, 3.05) is 0 Å². The zero-order valence-corrected chi connectivity index (χ0v) is 10.3. The quantitative estimate of drug-likeness (QED) is 0.882. The van der Waals surface area contributed by atoms with Crippen LogP contribution in [-0.4, -0.2) is 5.11 Å². The molecule has 0 aliphatic heterocycles. The third-order valence-electron chi connectivity index (χ3n) is 2.26. The van der Waals surface area contributed by atoms with E-state index >= 15 is 0 Å². The Morgan fingerprint density at radius 2 is 2.14 bits per heavy atom. The van der Waals surface area contributed by atoms with Gasteiger partial charge < -0.3 is 5.11 Å². The average molecular weight is 271 g/mol. The van der Waals surface area contributed by atoms with Crippen LogP contribution in [0.25, 0.3) is 10.1 Å². The lowest BCUT2D eigenvalue weighted by molar-refractivity contribution is 0.285. The maximum atomic E-state index is 9.05. The molecule has 2 rings (SSSR count). The first-order valence-electron chi connectivity index (χ1n) is 4.56. The monoisotopic (exact) mass is 270 g/mol. The third-order valence-corrected chi connectivity index (χ3v) is 3.98. The summed E-state index contributed by atoms with van der Waals surface area (Å²) in [6, 6.07) is 6.39. The molecule has 1 aromatic carbocycles. The highest BCUT2D eigenvalue weighted by Gasteiger charge is 2.05. The van der Waals surface area contributed by atoms with E-state index in [1.807, 2.05) is 6.07 Å². The lowest BCUT2D eigenvalue weighted by Crippen LogP contribution is -1.78. The summed E-state index contributed by atoms with van der Waals surface area (Å²) in [5, 5.41) is 10.3. The molecule has 2 aromatic rings. The highest BCUT2D eigenvalue weighted by atomic mass is 79.9. The van der Waals surface area contributed by atoms with Gasteiger partial charge in [-0.05, 0) is 30.2 Å². The number of aryl methyl sites for hydroxylation is 1. The van der Waals surface area contributed by atoms with E-state index in [-0.39, 0.29) is 6.61 Å². The highest BCUT2D eigenvalue weighted by Crippen LogP contribution is 2.32. The molecule has 0 spiro atoms. The second kappa shape index (κ2) is 4.01. The fourth-order valence-corrected chi connectivity index (χ4v) is 3.25. The first-order valence-corrected chi connectivity index (χ1v) is 6.17. The summed E-state index contributed by atoms with van der Waals surface area (Å²) in [5.41, 5.74) is 1.33. The minimum Gasteiger partial charge on any atom is -0.391 e. The third kappa shape index (κ3) is 1.72. The van der Waals surface area contributed by atoms with Gasteiger partial charge in [-0.1, -0.05) is 22.9 Å². The van der Waals surface area contributed by atoms with Crippen molar-refractivity contribution in [1.82, 2.24) is 0 Å². The molecule has 3 heteroatoms. The SMILES string of the molecule is CCc1cc(Br)c2cc(CO)sc2c1. The van der Waals surface area contributed by atoms with E-state index in [9.17, 15) is 0 Å². The van der Waals surface area contributed by atoms with Gasteiger partial charge in [0.15, 0.2) is 0 Å². The van der Waals surface area contributed by atoms with E-state index in [0.29, 0.717) is 0 Å². The normalized spacial score (nSPS) is 11.1. The Kier molecular flexibility index (Phi) is 2.91. The average Bonchev–Trinajstić information content (AvgIpc) is 2.61. The standard InChI is InChI=1S/C11H11BrOS/c1-2-7-3-10(12)9-5-8(6-13)14-11(9)4-7/h3-5,13H,2,6H2,1H3. The second-order valence-electron chi connectivity index (χ2n) is 3.21. The van der Waals surface area contributed by atoms with Crippen LogP contribution in [0.3, 0.4) is 0 Å². The van der Waals surface area contributed by atoms with Gasteiger partial charge in [0.25, 0.3) is 0 Å². The Bertz CT molecular complexity index is 462. The van der Waals surface area contributed by atoms with Crippen molar-refractivity contribution in [3.63, 3.8) is 0 Å². The second-order valence-corrected chi connectivity index (χ2v) is 5.24. The van der Waals surface area contributed by atoms with Crippen molar-refractivity contribution in [3.8, 4) is 0 Å². The van der Waals surface area contributed by atoms with Crippen molar-refractivity contribution in [3.05, 3.63) is 33.1 Å². The molecule has 1 nitrogen and oxygen atoms in total. The van der Waals surface area contributed by atoms with Gasteiger partial charge in [-0.2, -0.15) is 0 Å². The Morgan fingerprint density at radius 3 is 2.79 bits per heavy atom. The van der Waals surface area contributed by atoms with Crippen molar-refractivity contribution >= 4 is 37.4 Å². The summed E-state index contributed by atoms with van der Waals surface area (Å²) in [6.45, 7) is 2.28. The molecule has 0 atom stereocenters. The summed E-state index contributed by atoms with van der Waals surface area (Å²) < 4.78 is 2.38. The van der Waals surface area contributed by atoms with Crippen LogP contribution in [0.15, 0.2) is 22.7 Å². The molecule has 0 radical (unpaired) electrons. The van der Waals surface area contributed by atoms with Gasteiger partial charge in [-0.25, -0.2) is 0 Å². The van der Waals surface area contributed by atoms with E-state index in [4.69, 9.17) is 5.11 Å². The minimum absolute atomic E-state index is 0.132. The molecule has 1 aromatic heterocycles. The van der Waals surface area contributed by atoms with Gasteiger partial charge in [0.2, 0.25) is 0 Å². The zero-order valence-electron chi connectivity index (χ0n) is 7.88. The van der Waals surface area contributed by atoms with Crippen LogP contribution in [0.5, 0.6) is 0 Å². The van der Waals surface area contributed by atoms with E-state index in [1.54, 1.807) is 11.3 Å². The zero-order chi connectivity index (χ0) is 10.1. The summed E-state index contributed by atoms with van der Waals surface area (Å²) in [6.07, 6.45) is 1.04. The van der Waals surface area contributed by atoms with E-state index in [0.717, 1.165) is 15.8 Å². The fraction of sp³-hybridized carbons (Fsp3) is 0.273. The van der Waals surface area contributed by atoms with Crippen LogP contribution >= 0.6 is 27.3 Å². The predicted molar refractivity (Wildman–Crippen MR) is 64.8 cm³/mol. The largest absolute Gasteiger partial charge is 0.391 e. The molecule has 0 saturated carbocycles. The number of hydrogen-bond donors (Lipinski definition) is 1. The first-order chi connectivity index (χ1) is 6.74. The molecule has 1 heterocycles. The predicted octanol–water partition coefficient (Wildman–Crippen LogP) is 3.72. The summed E-state index contributed by atoms with van der Waals surface area (Å²) in [7, 11) is 0. The maximum absolute atomic E-state index is 9.05. The number of hydrogen-bond acceptors (Lipinski definition) is 2. The number of benzene rings is 1. The smallest absolute Gasteiger partial charge is 0.0774 e. The summed E-state index contributed by atoms with van der Waals surface area (Å²) in [5.74, 6) is 0. The van der Waals surface area contributed by atoms with Gasteiger partial charge in [0.05, 0.1) is 6.61 Å². The molecule has 74 valence electrons. The molecule has 0 aliphatic carbocycles. The molecule has 14 heavy (non-hydrogen) atoms. The van der Waals surface area contributed by atoms with Crippen molar-refractivity contribution in [1.29, 1.82) is 0 Å². The van der Waals surface area contributed by atoms with Crippen LogP contribution in [-0.2, 0) is 13.0 Å². The maximum Gasteiger partial charge on any atom is 0.0774 e. The Hall–Kier alpha value is -0.380. The number of aliphatic hydroxyl groups excluding tert-OH is 1. The highest BCUT2D eigenvalue weighted by molar-refractivity contribution is 9.10. The number of halogens is 1. The van der Waals surface area contributed by atoms with Crippen molar-refractivity contribution in [2.45, 2.75) is 20.0 Å². The number of rotatable bonds is 2. The van der Waals surface area contributed by atoms with E-state index < -0.39 is 0 Å². The molecular weight excluding hydrogens is 260 g/mol. The van der Waals surface area contributed by atoms with Gasteiger partial charge >= 0.3 is 0 Å². The number of thiophene rings is 1. The van der Waals surface area contributed by atoms with Gasteiger partial charge in [-0.3, -0.25) is 0 Å². The topological polar surface area (TPSA) is 20.2 Å². The summed E-state index contributed by atoms with van der Waals surface area (Å²) >= 11 is 5.22. The van der Waals surface area contributed by atoms with Crippen LogP contribution in [0, 0.1) is 0 Å². The Morgan fingerprint density at radius 1 is 1.36 bits per heavy atom. The van der Waals surface area contributed by atoms with Crippen LogP contribution in [0.4, 0.5) is 0 Å². The molecule has 0 amide bonds. The fourth-order valence-electron chi connectivity index (χ4n) is 1.48. The van der Waals surface area contributed by atoms with Gasteiger partial charge in [0.1, 0.15) is 0 Å². The van der Waals surface area contributed by atoms with Crippen LogP contribution in [0.2, 0.25) is 0 Å². The molecule has 0 unspecified atom stereocenters. The molecule has 0 fully saturated rings. The Labute approximate surface area is 95.5 Å². The van der Waals surface area contributed by atoms with Crippen LogP contribution < -0.4 is 0 Å². The molecule has 0 aliphatic rings. The number of fused-ring (bicyclic) bond motifs is 1. The minimum atomic E-state index is 0.132. The number of aliphatic hydroxyl groups is 1. The van der Waals surface area contributed by atoms with Crippen LogP contribution in [0.1, 0.15) is 17.4 Å². The van der Waals surface area contributed by atoms with Crippen molar-refractivity contribution in [2.24, 2.45) is 0 Å². The van der Waals surface area contributed by atoms with E-state index in [1.165, 1.54) is 15.6 Å². The lowest BCUT2D eigenvalue weighted by atomic mass is 10.1. The van der Waals surface area contributed by atoms with Gasteiger partial charge in [0, 0.05) is 19.4 Å². The van der Waals surface area contributed by atoms with E-state index in [2.05, 4.69) is 35.0 Å². The Balaban J connectivity index is 2.67. The molecule has 1 N–H and O–H groups in total. The summed E-state index contributed by atoms with van der Waals surface area (Å²) in [4.78, 5) is 1.02. The molecule has 0 bridgehead atoms. The lowest BCUT2D eigenvalue weighted by Gasteiger charge is -1.98. The molecular formula is C11H11BrOS. The van der Waals surface area contributed by atoms with Crippen molar-refractivity contribution < 1.29 is 5.11 Å². The molecule has 0 saturated heterocycles. The van der Waals surface area contributed by atoms with Gasteiger partial charge in [-0.15, -0.1) is 11.3 Å².